The Balaban J connectivity index is 1.90. The van der Waals surface area contributed by atoms with Crippen LogP contribution in [0, 0.1) is 17.8 Å². The molecule has 0 aliphatic heterocycles. The SMILES string of the molecule is CNC(=O)C(CC(C)C)NC1CC2CCC1C2. The highest BCUT2D eigenvalue weighted by atomic mass is 16.2. The third-order valence-corrected chi connectivity index (χ3v) is 4.42. The van der Waals surface area contributed by atoms with Crippen molar-refractivity contribution < 1.29 is 4.79 Å². The molecule has 4 unspecified atom stereocenters. The van der Waals surface area contributed by atoms with E-state index in [9.17, 15) is 4.79 Å². The first-order valence-corrected chi connectivity index (χ1v) is 7.07. The van der Waals surface area contributed by atoms with Gasteiger partial charge in [-0.1, -0.05) is 20.3 Å². The predicted molar refractivity (Wildman–Crippen MR) is 69.7 cm³/mol. The van der Waals surface area contributed by atoms with Crippen molar-refractivity contribution >= 4 is 5.91 Å². The Labute approximate surface area is 105 Å². The lowest BCUT2D eigenvalue weighted by atomic mass is 9.93. The molecule has 0 aromatic heterocycles. The standard InChI is InChI=1S/C14H26N2O/c1-9(2)6-13(14(17)15-3)16-12-8-10-4-5-11(12)7-10/h9-13,16H,4-8H2,1-3H3,(H,15,17). The van der Waals surface area contributed by atoms with Gasteiger partial charge in [-0.15, -0.1) is 0 Å². The highest BCUT2D eigenvalue weighted by Gasteiger charge is 2.40. The number of likely N-dealkylation sites (N-methyl/N-ethyl adjacent to an activating group) is 1. The third-order valence-electron chi connectivity index (χ3n) is 4.42. The molecule has 0 aromatic carbocycles. The summed E-state index contributed by atoms with van der Waals surface area (Å²) in [5.41, 5.74) is 0. The van der Waals surface area contributed by atoms with Crippen molar-refractivity contribution in [1.29, 1.82) is 0 Å². The van der Waals surface area contributed by atoms with Crippen molar-refractivity contribution in [3.63, 3.8) is 0 Å². The molecule has 4 atom stereocenters. The molecule has 0 aromatic rings. The lowest BCUT2D eigenvalue weighted by Gasteiger charge is -2.28. The molecule has 2 aliphatic carbocycles. The molecule has 2 aliphatic rings. The van der Waals surface area contributed by atoms with Gasteiger partial charge in [0.25, 0.3) is 0 Å². The van der Waals surface area contributed by atoms with E-state index in [1.54, 1.807) is 7.05 Å². The van der Waals surface area contributed by atoms with Crippen LogP contribution in [0.15, 0.2) is 0 Å². The van der Waals surface area contributed by atoms with Crippen LogP contribution in [0.3, 0.4) is 0 Å². The molecule has 0 radical (unpaired) electrons. The number of fused-ring (bicyclic) bond motifs is 2. The van der Waals surface area contributed by atoms with Gasteiger partial charge in [0.2, 0.25) is 5.91 Å². The van der Waals surface area contributed by atoms with Gasteiger partial charge in [0, 0.05) is 13.1 Å². The smallest absolute Gasteiger partial charge is 0.236 e. The molecule has 2 N–H and O–H groups in total. The van der Waals surface area contributed by atoms with E-state index < -0.39 is 0 Å². The first-order chi connectivity index (χ1) is 8.10. The minimum absolute atomic E-state index is 0.00403. The van der Waals surface area contributed by atoms with Crippen LogP contribution in [0.1, 0.15) is 46.0 Å². The van der Waals surface area contributed by atoms with Crippen LogP contribution in [0.5, 0.6) is 0 Å². The second-order valence-electron chi connectivity index (χ2n) is 6.24. The Morgan fingerprint density at radius 2 is 2.06 bits per heavy atom. The topological polar surface area (TPSA) is 41.1 Å². The van der Waals surface area contributed by atoms with E-state index in [1.165, 1.54) is 25.7 Å². The molecule has 0 spiro atoms. The Morgan fingerprint density at radius 1 is 1.29 bits per heavy atom. The predicted octanol–water partition coefficient (Wildman–Crippen LogP) is 1.93. The highest BCUT2D eigenvalue weighted by molar-refractivity contribution is 5.81. The van der Waals surface area contributed by atoms with Crippen molar-refractivity contribution in [2.45, 2.75) is 58.0 Å². The molecule has 98 valence electrons. The van der Waals surface area contributed by atoms with Crippen LogP contribution >= 0.6 is 0 Å². The van der Waals surface area contributed by atoms with E-state index >= 15 is 0 Å². The van der Waals surface area contributed by atoms with Gasteiger partial charge in [-0.2, -0.15) is 0 Å². The summed E-state index contributed by atoms with van der Waals surface area (Å²) in [6.45, 7) is 4.36. The Kier molecular flexibility index (Phi) is 4.08. The van der Waals surface area contributed by atoms with Crippen LogP contribution in [0.25, 0.3) is 0 Å². The maximum absolute atomic E-state index is 11.9. The fraction of sp³-hybridized carbons (Fsp3) is 0.929. The molecule has 2 rings (SSSR count). The zero-order valence-electron chi connectivity index (χ0n) is 11.3. The molecule has 1 amide bonds. The molecule has 3 nitrogen and oxygen atoms in total. The summed E-state index contributed by atoms with van der Waals surface area (Å²) in [6.07, 6.45) is 6.39. The Bertz CT molecular complexity index is 277. The summed E-state index contributed by atoms with van der Waals surface area (Å²) < 4.78 is 0. The first-order valence-electron chi connectivity index (χ1n) is 7.07. The number of hydrogen-bond acceptors (Lipinski definition) is 2. The van der Waals surface area contributed by atoms with Crippen LogP contribution in [-0.4, -0.2) is 25.0 Å². The zero-order valence-corrected chi connectivity index (χ0v) is 11.3. The van der Waals surface area contributed by atoms with Gasteiger partial charge in [0.15, 0.2) is 0 Å². The number of carbonyl (C=O) groups excluding carboxylic acids is 1. The molecule has 17 heavy (non-hydrogen) atoms. The van der Waals surface area contributed by atoms with Gasteiger partial charge in [0.1, 0.15) is 0 Å². The summed E-state index contributed by atoms with van der Waals surface area (Å²) in [6, 6.07) is 0.596. The average molecular weight is 238 g/mol. The van der Waals surface area contributed by atoms with Crippen LogP contribution in [0.2, 0.25) is 0 Å². The minimum Gasteiger partial charge on any atom is -0.358 e. The zero-order chi connectivity index (χ0) is 12.4. The number of nitrogens with one attached hydrogen (secondary N) is 2. The first kappa shape index (κ1) is 12.9. The van der Waals surface area contributed by atoms with Gasteiger partial charge in [0.05, 0.1) is 6.04 Å². The minimum atomic E-state index is 0.00403. The molecule has 2 bridgehead atoms. The number of hydrogen-bond donors (Lipinski definition) is 2. The van der Waals surface area contributed by atoms with Crippen LogP contribution < -0.4 is 10.6 Å². The molecular weight excluding hydrogens is 212 g/mol. The van der Waals surface area contributed by atoms with Crippen molar-refractivity contribution in [2.75, 3.05) is 7.05 Å². The van der Waals surface area contributed by atoms with E-state index in [-0.39, 0.29) is 11.9 Å². The second kappa shape index (κ2) is 5.38. The molecule has 2 saturated carbocycles. The molecule has 3 heteroatoms. The van der Waals surface area contributed by atoms with E-state index in [4.69, 9.17) is 0 Å². The van der Waals surface area contributed by atoms with Gasteiger partial charge < -0.3 is 10.6 Å². The fourth-order valence-corrected chi connectivity index (χ4v) is 3.60. The van der Waals surface area contributed by atoms with Gasteiger partial charge in [-0.25, -0.2) is 0 Å². The second-order valence-corrected chi connectivity index (χ2v) is 6.24. The third kappa shape index (κ3) is 3.01. The highest BCUT2D eigenvalue weighted by Crippen LogP contribution is 2.44. The van der Waals surface area contributed by atoms with E-state index in [1.807, 2.05) is 0 Å². The van der Waals surface area contributed by atoms with Crippen LogP contribution in [0.4, 0.5) is 0 Å². The Hall–Kier alpha value is -0.570. The van der Waals surface area contributed by atoms with Gasteiger partial charge in [-0.05, 0) is 43.4 Å². The largest absolute Gasteiger partial charge is 0.358 e. The molecule has 0 heterocycles. The van der Waals surface area contributed by atoms with Crippen molar-refractivity contribution in [3.8, 4) is 0 Å². The monoisotopic (exact) mass is 238 g/mol. The van der Waals surface area contributed by atoms with Gasteiger partial charge >= 0.3 is 0 Å². The number of rotatable bonds is 5. The number of amides is 1. The lowest BCUT2D eigenvalue weighted by Crippen LogP contribution is -2.49. The number of carbonyl (C=O) groups is 1. The van der Waals surface area contributed by atoms with E-state index in [2.05, 4.69) is 24.5 Å². The average Bonchev–Trinajstić information content (AvgIpc) is 2.88. The summed E-state index contributed by atoms with van der Waals surface area (Å²) >= 11 is 0. The Morgan fingerprint density at radius 3 is 2.53 bits per heavy atom. The van der Waals surface area contributed by atoms with Gasteiger partial charge in [-0.3, -0.25) is 4.79 Å². The lowest BCUT2D eigenvalue weighted by molar-refractivity contribution is -0.123. The molecule has 2 fully saturated rings. The molecular formula is C14H26N2O. The summed E-state index contributed by atoms with van der Waals surface area (Å²) in [7, 11) is 1.73. The fourth-order valence-electron chi connectivity index (χ4n) is 3.60. The maximum atomic E-state index is 11.9. The van der Waals surface area contributed by atoms with Crippen molar-refractivity contribution in [1.82, 2.24) is 10.6 Å². The van der Waals surface area contributed by atoms with E-state index in [0.717, 1.165) is 18.3 Å². The molecule has 0 saturated heterocycles. The maximum Gasteiger partial charge on any atom is 0.236 e. The summed E-state index contributed by atoms with van der Waals surface area (Å²) in [5, 5.41) is 6.40. The summed E-state index contributed by atoms with van der Waals surface area (Å²) in [4.78, 5) is 11.9. The summed E-state index contributed by atoms with van der Waals surface area (Å²) in [5.74, 6) is 2.48. The van der Waals surface area contributed by atoms with Crippen molar-refractivity contribution in [2.24, 2.45) is 17.8 Å². The normalized spacial score (nSPS) is 33.1. The van der Waals surface area contributed by atoms with E-state index in [0.29, 0.717) is 12.0 Å². The quantitative estimate of drug-likeness (QED) is 0.768. The van der Waals surface area contributed by atoms with Crippen LogP contribution in [-0.2, 0) is 4.79 Å². The van der Waals surface area contributed by atoms with Crippen molar-refractivity contribution in [3.05, 3.63) is 0 Å².